The van der Waals surface area contributed by atoms with Crippen molar-refractivity contribution in [1.82, 2.24) is 0 Å². The number of hydrogen-bond acceptors (Lipinski definition) is 2. The lowest BCUT2D eigenvalue weighted by Crippen LogP contribution is -2.27. The lowest BCUT2D eigenvalue weighted by molar-refractivity contribution is -0.555. The zero-order valence-electron chi connectivity index (χ0n) is 10.5. The van der Waals surface area contributed by atoms with Crippen LogP contribution in [0.4, 0.5) is 0 Å². The summed E-state index contributed by atoms with van der Waals surface area (Å²) in [7, 11) is 0. The van der Waals surface area contributed by atoms with Gasteiger partial charge in [0.1, 0.15) is 0 Å². The van der Waals surface area contributed by atoms with Crippen molar-refractivity contribution in [3.8, 4) is 22.8 Å². The quantitative estimate of drug-likeness (QED) is 0.783. The monoisotopic (exact) mass is 252 g/mol. The Bertz CT molecular complexity index is 662. The van der Waals surface area contributed by atoms with Crippen LogP contribution in [0.15, 0.2) is 49.7 Å². The third-order valence-corrected chi connectivity index (χ3v) is 3.13. The summed E-state index contributed by atoms with van der Waals surface area (Å²) >= 11 is 0. The van der Waals surface area contributed by atoms with Gasteiger partial charge in [-0.25, -0.2) is 0 Å². The Balaban J connectivity index is 2.24. The van der Waals surface area contributed by atoms with Crippen LogP contribution in [0.2, 0.25) is 0 Å². The van der Waals surface area contributed by atoms with Gasteiger partial charge < -0.3 is 9.47 Å². The number of fused-ring (bicyclic) bond motifs is 1. The molecule has 0 bridgehead atoms. The van der Waals surface area contributed by atoms with E-state index in [0.29, 0.717) is 0 Å². The van der Waals surface area contributed by atoms with Crippen molar-refractivity contribution < 1.29 is 14.0 Å². The first-order valence-corrected chi connectivity index (χ1v) is 6.02. The molecule has 2 aromatic rings. The lowest BCUT2D eigenvalue weighted by Gasteiger charge is -2.06. The zero-order valence-corrected chi connectivity index (χ0v) is 10.5. The Morgan fingerprint density at radius 3 is 2.63 bits per heavy atom. The van der Waals surface area contributed by atoms with E-state index < -0.39 is 0 Å². The summed E-state index contributed by atoms with van der Waals surface area (Å²) in [5, 5.41) is 0. The molecule has 0 aliphatic carbocycles. The highest BCUT2D eigenvalue weighted by atomic mass is 16.7. The number of aromatic nitrogens is 1. The minimum Gasteiger partial charge on any atom is -0.454 e. The maximum Gasteiger partial charge on any atom is 0.231 e. The van der Waals surface area contributed by atoms with Crippen LogP contribution < -0.4 is 14.0 Å². The van der Waals surface area contributed by atoms with Crippen LogP contribution in [-0.4, -0.2) is 6.79 Å². The number of ether oxygens (including phenoxy) is 2. The van der Waals surface area contributed by atoms with Gasteiger partial charge in [-0.3, -0.25) is 0 Å². The Kier molecular flexibility index (Phi) is 2.80. The van der Waals surface area contributed by atoms with Crippen LogP contribution in [0.1, 0.15) is 5.56 Å². The van der Waals surface area contributed by atoms with Gasteiger partial charge in [-0.2, -0.15) is 4.57 Å². The molecule has 0 fully saturated rings. The van der Waals surface area contributed by atoms with Gasteiger partial charge in [0.15, 0.2) is 23.9 Å². The summed E-state index contributed by atoms with van der Waals surface area (Å²) in [6.45, 7) is 7.96. The molecule has 1 aromatic heterocycles. The van der Waals surface area contributed by atoms with Crippen LogP contribution in [0, 0.1) is 0 Å². The number of nitrogens with zero attached hydrogens (tertiary/aromatic N) is 1. The summed E-state index contributed by atoms with van der Waals surface area (Å²) in [5.74, 6) is 1.53. The van der Waals surface area contributed by atoms with Gasteiger partial charge in [0.25, 0.3) is 0 Å². The lowest BCUT2D eigenvalue weighted by atomic mass is 10.0. The zero-order chi connectivity index (χ0) is 13.2. The van der Waals surface area contributed by atoms with Crippen LogP contribution in [0.25, 0.3) is 23.5 Å². The molecule has 2 heterocycles. The summed E-state index contributed by atoms with van der Waals surface area (Å²) in [5.41, 5.74) is 3.08. The molecule has 0 unspecified atom stereocenters. The van der Waals surface area contributed by atoms with Gasteiger partial charge in [0.05, 0.1) is 5.56 Å². The minimum atomic E-state index is 0.269. The average molecular weight is 252 g/mol. The molecule has 3 nitrogen and oxygen atoms in total. The minimum absolute atomic E-state index is 0.269. The van der Waals surface area contributed by atoms with E-state index in [2.05, 4.69) is 13.2 Å². The fourth-order valence-electron chi connectivity index (χ4n) is 2.19. The van der Waals surface area contributed by atoms with Gasteiger partial charge in [-0.1, -0.05) is 12.7 Å². The predicted molar refractivity (Wildman–Crippen MR) is 74.7 cm³/mol. The Labute approximate surface area is 112 Å². The Morgan fingerprint density at radius 1 is 1.11 bits per heavy atom. The molecule has 0 saturated carbocycles. The van der Waals surface area contributed by atoms with Crippen molar-refractivity contribution in [2.75, 3.05) is 6.79 Å². The SMILES string of the molecule is C=Cc1cc2c(cc1-c1cccc[n+]1C=C)OCO2. The third kappa shape index (κ3) is 1.89. The van der Waals surface area contributed by atoms with E-state index in [1.807, 2.05) is 47.2 Å². The largest absolute Gasteiger partial charge is 0.454 e. The molecular weight excluding hydrogens is 238 g/mol. The van der Waals surface area contributed by atoms with Gasteiger partial charge in [0.2, 0.25) is 12.5 Å². The normalized spacial score (nSPS) is 12.2. The molecule has 0 spiro atoms. The molecule has 0 N–H and O–H groups in total. The van der Waals surface area contributed by atoms with Crippen molar-refractivity contribution in [1.29, 1.82) is 0 Å². The predicted octanol–water partition coefficient (Wildman–Crippen LogP) is 3.11. The van der Waals surface area contributed by atoms with Gasteiger partial charge in [-0.05, 0) is 30.3 Å². The number of rotatable bonds is 3. The van der Waals surface area contributed by atoms with Gasteiger partial charge in [-0.15, -0.1) is 0 Å². The van der Waals surface area contributed by atoms with Gasteiger partial charge in [0, 0.05) is 12.1 Å². The van der Waals surface area contributed by atoms with E-state index in [1.54, 1.807) is 6.20 Å². The second kappa shape index (κ2) is 4.61. The molecule has 1 aromatic carbocycles. The Hall–Kier alpha value is -2.55. The molecule has 3 rings (SSSR count). The molecule has 19 heavy (non-hydrogen) atoms. The van der Waals surface area contributed by atoms with E-state index in [9.17, 15) is 0 Å². The molecule has 0 amide bonds. The molecule has 0 atom stereocenters. The highest BCUT2D eigenvalue weighted by Gasteiger charge is 2.20. The van der Waals surface area contributed by atoms with Crippen LogP contribution in [-0.2, 0) is 0 Å². The third-order valence-electron chi connectivity index (χ3n) is 3.13. The van der Waals surface area contributed by atoms with Crippen LogP contribution in [0.5, 0.6) is 11.5 Å². The van der Waals surface area contributed by atoms with Crippen molar-refractivity contribution in [2.24, 2.45) is 0 Å². The smallest absolute Gasteiger partial charge is 0.231 e. The standard InChI is InChI=1S/C16H14NO2/c1-3-12-9-15-16(19-11-18-15)10-13(12)14-7-5-6-8-17(14)4-2/h3-10H,1-2,11H2/q+1. The maximum atomic E-state index is 5.44. The van der Waals surface area contributed by atoms with Gasteiger partial charge >= 0.3 is 0 Å². The van der Waals surface area contributed by atoms with E-state index in [0.717, 1.165) is 28.3 Å². The number of benzene rings is 1. The second-order valence-electron chi connectivity index (χ2n) is 4.17. The van der Waals surface area contributed by atoms with E-state index in [1.165, 1.54) is 0 Å². The van der Waals surface area contributed by atoms with Crippen molar-refractivity contribution >= 4 is 12.3 Å². The van der Waals surface area contributed by atoms with Crippen LogP contribution >= 0.6 is 0 Å². The second-order valence-corrected chi connectivity index (χ2v) is 4.17. The van der Waals surface area contributed by atoms with Crippen molar-refractivity contribution in [2.45, 2.75) is 0 Å². The maximum absolute atomic E-state index is 5.44. The molecule has 0 saturated heterocycles. The van der Waals surface area contributed by atoms with E-state index in [-0.39, 0.29) is 6.79 Å². The topological polar surface area (TPSA) is 22.3 Å². The van der Waals surface area contributed by atoms with Crippen LogP contribution in [0.3, 0.4) is 0 Å². The molecule has 1 aliphatic heterocycles. The highest BCUT2D eigenvalue weighted by molar-refractivity contribution is 5.75. The summed E-state index contributed by atoms with van der Waals surface area (Å²) in [6.07, 6.45) is 5.55. The fourth-order valence-corrected chi connectivity index (χ4v) is 2.19. The first kappa shape index (κ1) is 11.5. The van der Waals surface area contributed by atoms with Crippen molar-refractivity contribution in [3.63, 3.8) is 0 Å². The first-order valence-electron chi connectivity index (χ1n) is 6.02. The molecule has 1 aliphatic rings. The first-order chi connectivity index (χ1) is 9.33. The molecule has 3 heteroatoms. The molecular formula is C16H14NO2+. The number of pyridine rings is 1. The van der Waals surface area contributed by atoms with Crippen molar-refractivity contribution in [3.05, 3.63) is 55.3 Å². The summed E-state index contributed by atoms with van der Waals surface area (Å²) in [4.78, 5) is 0. The fraction of sp³-hybridized carbons (Fsp3) is 0.0625. The molecule has 94 valence electrons. The number of hydrogen-bond donors (Lipinski definition) is 0. The summed E-state index contributed by atoms with van der Waals surface area (Å²) < 4.78 is 12.8. The summed E-state index contributed by atoms with van der Waals surface area (Å²) in [6, 6.07) is 9.92. The molecule has 0 radical (unpaired) electrons. The van der Waals surface area contributed by atoms with E-state index in [4.69, 9.17) is 9.47 Å². The van der Waals surface area contributed by atoms with E-state index >= 15 is 0 Å². The average Bonchev–Trinajstić information content (AvgIpc) is 2.93. The Morgan fingerprint density at radius 2 is 1.89 bits per heavy atom. The highest BCUT2D eigenvalue weighted by Crippen LogP contribution is 2.38.